The maximum atomic E-state index is 12.8. The number of unbranched alkanes of at least 4 members (excludes halogenated alkanes) is 6. The molecule has 348 valence electrons. The Kier molecular flexibility index (Phi) is 40.4. The van der Waals surface area contributed by atoms with Crippen LogP contribution in [0.4, 0.5) is 0 Å². The highest BCUT2D eigenvalue weighted by Crippen LogP contribution is 2.12. The van der Waals surface area contributed by atoms with Crippen molar-refractivity contribution in [3.8, 4) is 0 Å². The van der Waals surface area contributed by atoms with Crippen LogP contribution in [0.2, 0.25) is 0 Å². The van der Waals surface area contributed by atoms with E-state index in [-0.39, 0.29) is 49.1 Å². The molecule has 8 heteroatoms. The number of rotatable bonds is 40. The van der Waals surface area contributed by atoms with Gasteiger partial charge in [0.1, 0.15) is 6.61 Å². The van der Waals surface area contributed by atoms with Crippen molar-refractivity contribution in [1.82, 2.24) is 0 Å². The van der Waals surface area contributed by atoms with Crippen LogP contribution in [0.3, 0.4) is 0 Å². The zero-order valence-corrected chi connectivity index (χ0v) is 39.5. The smallest absolute Gasteiger partial charge is 0.362 e. The summed E-state index contributed by atoms with van der Waals surface area (Å²) in [5.41, 5.74) is 0. The first-order valence-corrected chi connectivity index (χ1v) is 23.6. The zero-order valence-electron chi connectivity index (χ0n) is 39.5. The van der Waals surface area contributed by atoms with Gasteiger partial charge in [-0.05, 0) is 89.9 Å². The van der Waals surface area contributed by atoms with Crippen molar-refractivity contribution in [2.45, 2.75) is 161 Å². The van der Waals surface area contributed by atoms with Gasteiger partial charge in [0.15, 0.2) is 12.1 Å². The van der Waals surface area contributed by atoms with Crippen LogP contribution in [0, 0.1) is 0 Å². The number of carbonyl (C=O) groups is 3. The van der Waals surface area contributed by atoms with Crippen LogP contribution in [-0.2, 0) is 28.6 Å². The van der Waals surface area contributed by atoms with E-state index in [0.717, 1.165) is 96.3 Å². The second-order valence-corrected chi connectivity index (χ2v) is 16.2. The summed E-state index contributed by atoms with van der Waals surface area (Å²) in [5.74, 6) is -1.61. The number of esters is 2. The molecule has 0 aromatic carbocycles. The van der Waals surface area contributed by atoms with Crippen molar-refractivity contribution in [2.75, 3.05) is 41.0 Å². The van der Waals surface area contributed by atoms with Crippen LogP contribution in [-0.4, -0.2) is 80.6 Å². The fraction of sp³-hybridized carbons (Fsp3) is 0.574. The van der Waals surface area contributed by atoms with Crippen LogP contribution >= 0.6 is 0 Å². The van der Waals surface area contributed by atoms with Gasteiger partial charge in [0.2, 0.25) is 0 Å². The summed E-state index contributed by atoms with van der Waals surface area (Å²) in [6.07, 6.45) is 61.1. The Morgan fingerprint density at radius 3 is 1.32 bits per heavy atom. The van der Waals surface area contributed by atoms with Gasteiger partial charge in [-0.15, -0.1) is 0 Å². The number of carboxylic acid groups (broad SMARTS) is 1. The Balaban J connectivity index is 4.48. The van der Waals surface area contributed by atoms with Gasteiger partial charge in [-0.3, -0.25) is 9.59 Å². The van der Waals surface area contributed by atoms with E-state index < -0.39 is 18.1 Å². The number of quaternary nitrogens is 1. The molecular weight excluding hydrogens is 775 g/mol. The van der Waals surface area contributed by atoms with E-state index in [9.17, 15) is 19.5 Å². The Bertz CT molecular complexity index is 1420. The first kappa shape index (κ1) is 57.7. The minimum Gasteiger partial charge on any atom is -0.477 e. The zero-order chi connectivity index (χ0) is 45.6. The van der Waals surface area contributed by atoms with Gasteiger partial charge >= 0.3 is 17.9 Å². The van der Waals surface area contributed by atoms with Crippen LogP contribution in [0.1, 0.15) is 149 Å². The Morgan fingerprint density at radius 2 is 0.887 bits per heavy atom. The summed E-state index contributed by atoms with van der Waals surface area (Å²) in [6.45, 7) is 4.39. The standard InChI is InChI=1S/C54H85NO7/c1-6-8-10-12-14-16-18-20-22-24-26-28-30-32-34-36-38-40-42-44-52(56)61-49-50(48-60-47-46-51(54(58)59)55(3,4)5)62-53(57)45-43-41-39-37-35-33-31-29-27-25-23-21-19-17-15-13-11-9-7-2/h8-11,14-17,20-23,26-29,32,34,38,40,50-51H,6-7,12-13,18-19,24-25,30-31,33,35-37,39,41-49H2,1-5H3/p+1/b10-8+,11-9+,16-14+,17-15+,22-20+,23-21+,28-26+,29-27+,34-32+,40-38+. The first-order chi connectivity index (χ1) is 30.1. The summed E-state index contributed by atoms with van der Waals surface area (Å²) in [4.78, 5) is 37.1. The number of aliphatic carboxylic acids is 1. The van der Waals surface area contributed by atoms with Crippen LogP contribution < -0.4 is 0 Å². The quantitative estimate of drug-likeness (QED) is 0.0283. The summed E-state index contributed by atoms with van der Waals surface area (Å²) in [5, 5.41) is 9.64. The lowest BCUT2D eigenvalue weighted by atomic mass is 10.1. The lowest BCUT2D eigenvalue weighted by Crippen LogP contribution is -2.50. The summed E-state index contributed by atoms with van der Waals surface area (Å²) < 4.78 is 17.2. The predicted molar refractivity (Wildman–Crippen MR) is 261 cm³/mol. The highest BCUT2D eigenvalue weighted by Gasteiger charge is 2.31. The van der Waals surface area contributed by atoms with Crippen molar-refractivity contribution in [2.24, 2.45) is 0 Å². The van der Waals surface area contributed by atoms with Gasteiger partial charge in [-0.2, -0.15) is 0 Å². The molecule has 0 saturated heterocycles. The second-order valence-electron chi connectivity index (χ2n) is 16.2. The molecule has 1 N–H and O–H groups in total. The van der Waals surface area contributed by atoms with Crippen molar-refractivity contribution in [1.29, 1.82) is 0 Å². The number of hydrogen-bond acceptors (Lipinski definition) is 6. The SMILES string of the molecule is CC/C=C/C/C=C/C/C=C/C/C=C/C/C=C/C/C=C/CCC(=O)OCC(COCCC(C(=O)O)[N+](C)(C)C)OC(=O)CCCCCCCC/C=C/C/C=C/C/C=C/C/C=C/CC. The molecule has 0 rings (SSSR count). The molecule has 62 heavy (non-hydrogen) atoms. The first-order valence-electron chi connectivity index (χ1n) is 23.6. The number of carboxylic acids is 1. The Labute approximate surface area is 378 Å². The average Bonchev–Trinajstić information content (AvgIpc) is 3.23. The molecule has 0 aliphatic rings. The largest absolute Gasteiger partial charge is 0.477 e. The van der Waals surface area contributed by atoms with E-state index >= 15 is 0 Å². The molecule has 0 saturated carbocycles. The lowest BCUT2D eigenvalue weighted by molar-refractivity contribution is -0.887. The maximum Gasteiger partial charge on any atom is 0.362 e. The molecule has 0 fully saturated rings. The molecule has 8 nitrogen and oxygen atoms in total. The molecule has 0 aliphatic carbocycles. The number of nitrogens with zero attached hydrogens (tertiary/aromatic N) is 1. The number of likely N-dealkylation sites (N-methyl/N-ethyl adjacent to an activating group) is 1. The second kappa shape index (κ2) is 43.4. The van der Waals surface area contributed by atoms with Crippen molar-refractivity contribution < 1.29 is 38.2 Å². The van der Waals surface area contributed by atoms with Gasteiger partial charge in [0, 0.05) is 19.3 Å². The number of carbonyl (C=O) groups excluding carboxylic acids is 2. The molecular formula is C54H86NO7+. The highest BCUT2D eigenvalue weighted by atomic mass is 16.6. The Hall–Kier alpha value is -4.27. The van der Waals surface area contributed by atoms with E-state index in [1.54, 1.807) is 0 Å². The molecule has 2 atom stereocenters. The van der Waals surface area contributed by atoms with E-state index in [2.05, 4.69) is 123 Å². The lowest BCUT2D eigenvalue weighted by Gasteiger charge is -2.31. The third-order valence-electron chi connectivity index (χ3n) is 9.62. The topological polar surface area (TPSA) is 99.1 Å². The molecule has 0 aliphatic heterocycles. The Morgan fingerprint density at radius 1 is 0.484 bits per heavy atom. The van der Waals surface area contributed by atoms with Crippen molar-refractivity contribution in [3.05, 3.63) is 122 Å². The minimum atomic E-state index is -0.893. The van der Waals surface area contributed by atoms with Crippen LogP contribution in [0.5, 0.6) is 0 Å². The van der Waals surface area contributed by atoms with Crippen LogP contribution in [0.25, 0.3) is 0 Å². The third kappa shape index (κ3) is 41.1. The van der Waals surface area contributed by atoms with Gasteiger partial charge in [-0.1, -0.05) is 161 Å². The fourth-order valence-corrected chi connectivity index (χ4v) is 6.05. The van der Waals surface area contributed by atoms with E-state index in [1.807, 2.05) is 33.3 Å². The molecule has 2 unspecified atom stereocenters. The molecule has 0 aromatic rings. The van der Waals surface area contributed by atoms with Gasteiger partial charge in [0.25, 0.3) is 0 Å². The van der Waals surface area contributed by atoms with Gasteiger partial charge in [0.05, 0.1) is 34.4 Å². The molecule has 0 spiro atoms. The average molecular weight is 861 g/mol. The van der Waals surface area contributed by atoms with Crippen molar-refractivity contribution >= 4 is 17.9 Å². The van der Waals surface area contributed by atoms with E-state index in [0.29, 0.717) is 12.8 Å². The number of ether oxygens (including phenoxy) is 3. The minimum absolute atomic E-state index is 0.0227. The normalized spacial score (nSPS) is 14.0. The summed E-state index contributed by atoms with van der Waals surface area (Å²) in [6, 6.07) is -0.636. The highest BCUT2D eigenvalue weighted by molar-refractivity contribution is 5.72. The van der Waals surface area contributed by atoms with E-state index in [4.69, 9.17) is 14.2 Å². The number of hydrogen-bond donors (Lipinski definition) is 1. The van der Waals surface area contributed by atoms with Gasteiger partial charge < -0.3 is 23.8 Å². The van der Waals surface area contributed by atoms with Crippen molar-refractivity contribution in [3.63, 3.8) is 0 Å². The predicted octanol–water partition coefficient (Wildman–Crippen LogP) is 13.4. The molecule has 0 heterocycles. The third-order valence-corrected chi connectivity index (χ3v) is 9.62. The summed E-state index contributed by atoms with van der Waals surface area (Å²) >= 11 is 0. The molecule has 0 bridgehead atoms. The molecule has 0 radical (unpaired) electrons. The van der Waals surface area contributed by atoms with Crippen LogP contribution in [0.15, 0.2) is 122 Å². The van der Waals surface area contributed by atoms with E-state index in [1.165, 1.54) is 12.8 Å². The fourth-order valence-electron chi connectivity index (χ4n) is 6.05. The molecule has 0 aromatic heterocycles. The monoisotopic (exact) mass is 861 g/mol. The van der Waals surface area contributed by atoms with Gasteiger partial charge in [-0.25, -0.2) is 4.79 Å². The number of allylic oxidation sites excluding steroid dienone is 20. The maximum absolute atomic E-state index is 12.8. The summed E-state index contributed by atoms with van der Waals surface area (Å²) in [7, 11) is 5.49. The molecule has 0 amide bonds.